The zero-order valence-corrected chi connectivity index (χ0v) is 34.7. The van der Waals surface area contributed by atoms with Gasteiger partial charge in [0.15, 0.2) is 0 Å². The van der Waals surface area contributed by atoms with Crippen LogP contribution in [0.5, 0.6) is 0 Å². The van der Waals surface area contributed by atoms with E-state index in [4.69, 9.17) is 23.3 Å². The maximum absolute atomic E-state index is 13.4. The highest BCUT2D eigenvalue weighted by Crippen LogP contribution is 2.49. The van der Waals surface area contributed by atoms with Crippen molar-refractivity contribution in [3.8, 4) is 22.5 Å². The first-order valence-corrected chi connectivity index (χ1v) is 21.6. The number of benzene rings is 2. The Morgan fingerprint density at radius 3 is 2.50 bits per heavy atom. The lowest BCUT2D eigenvalue weighted by Gasteiger charge is -2.22. The van der Waals surface area contributed by atoms with E-state index in [0.29, 0.717) is 43.1 Å². The van der Waals surface area contributed by atoms with Crippen molar-refractivity contribution in [2.45, 2.75) is 77.9 Å². The molecule has 4 aromatic rings. The zero-order valence-electron chi connectivity index (χ0n) is 33.8. The van der Waals surface area contributed by atoms with Crippen molar-refractivity contribution in [2.75, 3.05) is 58.2 Å². The van der Waals surface area contributed by atoms with Crippen LogP contribution in [0.25, 0.3) is 22.5 Å². The molecule has 0 radical (unpaired) electrons. The molecule has 2 amide bonds. The predicted octanol–water partition coefficient (Wildman–Crippen LogP) is 4.70. The van der Waals surface area contributed by atoms with Crippen molar-refractivity contribution in [1.29, 1.82) is 0 Å². The Morgan fingerprint density at radius 1 is 1.00 bits per heavy atom. The second kappa shape index (κ2) is 21.3. The number of hydrogen-bond donors (Lipinski definition) is 2. The number of amides is 2. The summed E-state index contributed by atoms with van der Waals surface area (Å²) < 4.78 is 44.9. The van der Waals surface area contributed by atoms with E-state index in [-0.39, 0.29) is 57.4 Å². The third-order valence-electron chi connectivity index (χ3n) is 9.53. The lowest BCUT2D eigenvalue weighted by Crippen LogP contribution is -2.33. The van der Waals surface area contributed by atoms with Gasteiger partial charge in [-0.1, -0.05) is 67.6 Å². The molecular weight excluding hydrogens is 769 g/mol. The van der Waals surface area contributed by atoms with Gasteiger partial charge in [0.25, 0.3) is 5.56 Å². The van der Waals surface area contributed by atoms with E-state index >= 15 is 0 Å². The van der Waals surface area contributed by atoms with Gasteiger partial charge < -0.3 is 33.5 Å². The van der Waals surface area contributed by atoms with Crippen LogP contribution >= 0.6 is 7.60 Å². The first-order valence-electron chi connectivity index (χ1n) is 19.6. The largest absolute Gasteiger partial charge is 0.380 e. The van der Waals surface area contributed by atoms with Crippen LogP contribution in [0.2, 0.25) is 0 Å². The van der Waals surface area contributed by atoms with Crippen molar-refractivity contribution in [1.82, 2.24) is 29.9 Å². The molecule has 3 heterocycles. The number of carbonyl (C=O) groups is 2. The third-order valence-corrected chi connectivity index (χ3v) is 10.8. The number of nitrogens with zero attached hydrogens (tertiary/aromatic N) is 5. The number of aromatic nitrogens is 5. The quantitative estimate of drug-likeness (QED) is 0.0820. The fourth-order valence-corrected chi connectivity index (χ4v) is 7.73. The topological polar surface area (TPSA) is 198 Å². The summed E-state index contributed by atoms with van der Waals surface area (Å²) in [5.74, 6) is -0.539. The van der Waals surface area contributed by atoms with E-state index in [1.165, 1.54) is 17.4 Å². The Balaban J connectivity index is 1.05. The van der Waals surface area contributed by atoms with Crippen molar-refractivity contribution >= 4 is 25.1 Å². The molecule has 58 heavy (non-hydrogen) atoms. The summed E-state index contributed by atoms with van der Waals surface area (Å²) in [7, 11) is -1.84. The van der Waals surface area contributed by atoms with Gasteiger partial charge in [-0.05, 0) is 25.8 Å². The highest BCUT2D eigenvalue weighted by molar-refractivity contribution is 7.53. The molecule has 0 bridgehead atoms. The number of carbonyl (C=O) groups excluding carboxylic acids is 2. The third kappa shape index (κ3) is 11.9. The van der Waals surface area contributed by atoms with Gasteiger partial charge in [-0.3, -0.25) is 28.5 Å². The minimum Gasteiger partial charge on any atom is -0.380 e. The van der Waals surface area contributed by atoms with Crippen LogP contribution in [-0.2, 0) is 44.0 Å². The molecule has 2 N–H and O–H groups in total. The first kappa shape index (κ1) is 44.3. The summed E-state index contributed by atoms with van der Waals surface area (Å²) in [5.41, 5.74) is 3.07. The molecular formula is C40H54N7O10P. The smallest absolute Gasteiger partial charge is 0.330 e. The number of H-pyrrole nitrogens is 1. The van der Waals surface area contributed by atoms with Crippen molar-refractivity contribution < 1.29 is 37.4 Å². The maximum atomic E-state index is 13.4. The average Bonchev–Trinajstić information content (AvgIpc) is 3.83. The van der Waals surface area contributed by atoms with Crippen molar-refractivity contribution in [3.63, 3.8) is 0 Å². The van der Waals surface area contributed by atoms with Crippen LogP contribution in [0.4, 0.5) is 5.69 Å². The van der Waals surface area contributed by atoms with Crippen LogP contribution in [0.3, 0.4) is 0 Å². The van der Waals surface area contributed by atoms with Crippen LogP contribution in [0.1, 0.15) is 57.7 Å². The van der Waals surface area contributed by atoms with Crippen LogP contribution in [0.15, 0.2) is 70.4 Å². The molecule has 0 saturated carbocycles. The van der Waals surface area contributed by atoms with E-state index in [2.05, 4.69) is 27.5 Å². The van der Waals surface area contributed by atoms with Gasteiger partial charge in [-0.15, -0.1) is 5.10 Å². The van der Waals surface area contributed by atoms with E-state index in [0.717, 1.165) is 23.2 Å². The summed E-state index contributed by atoms with van der Waals surface area (Å²) in [4.78, 5) is 54.1. The molecule has 1 fully saturated rings. The molecule has 18 heteroatoms. The Labute approximate surface area is 337 Å². The lowest BCUT2D eigenvalue weighted by molar-refractivity contribution is -0.125. The molecule has 2 aromatic carbocycles. The average molecular weight is 824 g/mol. The van der Waals surface area contributed by atoms with E-state index < -0.39 is 37.3 Å². The van der Waals surface area contributed by atoms with Crippen LogP contribution < -0.4 is 21.5 Å². The van der Waals surface area contributed by atoms with Gasteiger partial charge in [-0.2, -0.15) is 0 Å². The number of para-hydroxylation sites is 1. The van der Waals surface area contributed by atoms with Gasteiger partial charge in [0.05, 0.1) is 56.6 Å². The first-order chi connectivity index (χ1) is 27.9. The van der Waals surface area contributed by atoms with E-state index in [1.54, 1.807) is 23.6 Å². The zero-order chi connectivity index (χ0) is 41.7. The minimum atomic E-state index is -3.53. The summed E-state index contributed by atoms with van der Waals surface area (Å²) in [6.07, 6.45) is 1.37. The van der Waals surface area contributed by atoms with Crippen LogP contribution in [0, 0.1) is 6.92 Å². The van der Waals surface area contributed by atoms with Crippen LogP contribution in [-0.4, -0.2) is 102 Å². The summed E-state index contributed by atoms with van der Waals surface area (Å²) >= 11 is 0. The van der Waals surface area contributed by atoms with Gasteiger partial charge >= 0.3 is 13.3 Å². The second-order valence-corrected chi connectivity index (χ2v) is 15.9. The number of anilines is 1. The number of aryl methyl sites for hydroxylation is 1. The SMILES string of the molecule is CCCOCCn1nnc(-c2ccccc2)c1-c1ccccc1N(C)C(=O)CCC(=O)NCCOCCOP(C)(=O)O[C@@H]1C[C@H](n2cc(C)c(=O)[nH]c2=O)O[C@@H]1CC. The standard InChI is InChI=1S/C40H54N7O10P/c1-6-21-53-23-20-47-38(37(43-44-47)29-13-9-8-10-14-29)30-15-11-12-16-31(30)45(4)35(49)18-17-34(48)41-19-22-54-24-25-55-58(5,52)57-33-26-36(56-32(33)7-2)46-27-28(3)39(50)42-40(46)51/h8-16,27,32-33,36H,6-7,17-26H2,1-5H3,(H,41,48)(H,42,50,51)/t32-,33-,36-,58?/m1/s1. The number of rotatable bonds is 22. The Bertz CT molecular complexity index is 2140. The molecule has 0 spiro atoms. The molecule has 1 unspecified atom stereocenters. The highest BCUT2D eigenvalue weighted by atomic mass is 31.2. The van der Waals surface area contributed by atoms with E-state index in [9.17, 15) is 23.7 Å². The predicted molar refractivity (Wildman–Crippen MR) is 218 cm³/mol. The lowest BCUT2D eigenvalue weighted by atomic mass is 10.0. The molecule has 1 aliphatic heterocycles. The molecule has 0 aliphatic carbocycles. The van der Waals surface area contributed by atoms with Gasteiger partial charge in [0.1, 0.15) is 11.9 Å². The fraction of sp³-hybridized carbons (Fsp3) is 0.500. The molecule has 314 valence electrons. The Kier molecular flexibility index (Phi) is 16.3. The molecule has 1 aliphatic rings. The summed E-state index contributed by atoms with van der Waals surface area (Å²) in [6.45, 7) is 8.93. The molecule has 17 nitrogen and oxygen atoms in total. The molecule has 4 atom stereocenters. The number of ether oxygens (including phenoxy) is 3. The minimum absolute atomic E-state index is 0.0159. The number of aromatic amines is 1. The summed E-state index contributed by atoms with van der Waals surface area (Å²) in [5, 5.41) is 11.7. The molecule has 1 saturated heterocycles. The van der Waals surface area contributed by atoms with Gasteiger partial charge in [0.2, 0.25) is 11.8 Å². The normalized spacial score (nSPS) is 17.6. The Hall–Kier alpha value is -4.77. The Morgan fingerprint density at radius 2 is 1.74 bits per heavy atom. The van der Waals surface area contributed by atoms with Gasteiger partial charge in [-0.25, -0.2) is 9.48 Å². The van der Waals surface area contributed by atoms with Crippen molar-refractivity contribution in [3.05, 3.63) is 87.2 Å². The second-order valence-electron chi connectivity index (χ2n) is 13.9. The van der Waals surface area contributed by atoms with E-state index in [1.807, 2.05) is 61.5 Å². The maximum Gasteiger partial charge on any atom is 0.330 e. The van der Waals surface area contributed by atoms with Crippen molar-refractivity contribution in [2.24, 2.45) is 0 Å². The number of nitrogens with one attached hydrogen (secondary N) is 2. The molecule has 2 aromatic heterocycles. The number of hydrogen-bond acceptors (Lipinski definition) is 12. The highest BCUT2D eigenvalue weighted by Gasteiger charge is 2.40. The monoisotopic (exact) mass is 823 g/mol. The van der Waals surface area contributed by atoms with Gasteiger partial charge in [0, 0.05) is 69.0 Å². The summed E-state index contributed by atoms with van der Waals surface area (Å²) in [6, 6.07) is 17.3. The fourth-order valence-electron chi connectivity index (χ4n) is 6.55. The molecule has 5 rings (SSSR count).